The summed E-state index contributed by atoms with van der Waals surface area (Å²) in [5, 5.41) is 3.51. The molecule has 0 amide bonds. The van der Waals surface area contributed by atoms with E-state index < -0.39 is 0 Å². The minimum absolute atomic E-state index is 0.0970. The van der Waals surface area contributed by atoms with Gasteiger partial charge in [0.25, 0.3) is 0 Å². The van der Waals surface area contributed by atoms with Crippen molar-refractivity contribution in [3.05, 3.63) is 71.3 Å². The van der Waals surface area contributed by atoms with Gasteiger partial charge in [0, 0.05) is 11.5 Å². The number of likely N-dealkylation sites (N-methyl/N-ethyl adjacent to an activating group) is 1. The summed E-state index contributed by atoms with van der Waals surface area (Å²) in [4.78, 5) is 0. The van der Waals surface area contributed by atoms with Crippen LogP contribution in [0.25, 0.3) is 0 Å². The number of hydrogen-bond acceptors (Lipinski definition) is 1. The van der Waals surface area contributed by atoms with E-state index in [-0.39, 0.29) is 5.41 Å². The zero-order chi connectivity index (χ0) is 14.6. The monoisotopic (exact) mass is 267 g/mol. The molecule has 0 fully saturated rings. The van der Waals surface area contributed by atoms with Gasteiger partial charge >= 0.3 is 0 Å². The highest BCUT2D eigenvalue weighted by atomic mass is 14.9. The first-order valence-electron chi connectivity index (χ1n) is 7.32. The molecule has 1 nitrogen and oxygen atoms in total. The second-order valence-corrected chi connectivity index (χ2v) is 6.12. The molecule has 0 saturated heterocycles. The van der Waals surface area contributed by atoms with Crippen molar-refractivity contribution in [2.75, 3.05) is 7.05 Å². The van der Waals surface area contributed by atoms with Gasteiger partial charge in [-0.2, -0.15) is 0 Å². The summed E-state index contributed by atoms with van der Waals surface area (Å²) in [6.07, 6.45) is 1.04. The third-order valence-electron chi connectivity index (χ3n) is 4.26. The second kappa shape index (κ2) is 6.23. The topological polar surface area (TPSA) is 12.0 Å². The van der Waals surface area contributed by atoms with E-state index in [9.17, 15) is 0 Å². The van der Waals surface area contributed by atoms with Crippen LogP contribution in [0.1, 0.15) is 30.5 Å². The van der Waals surface area contributed by atoms with Crippen LogP contribution in [0.15, 0.2) is 54.6 Å². The van der Waals surface area contributed by atoms with Gasteiger partial charge in [-0.25, -0.2) is 0 Å². The maximum absolute atomic E-state index is 3.51. The molecule has 0 aromatic heterocycles. The Bertz CT molecular complexity index is 543. The van der Waals surface area contributed by atoms with E-state index in [0.717, 1.165) is 6.42 Å². The molecule has 0 heterocycles. The van der Waals surface area contributed by atoms with Crippen LogP contribution < -0.4 is 5.32 Å². The number of rotatable bonds is 5. The lowest BCUT2D eigenvalue weighted by Crippen LogP contribution is -2.44. The molecule has 2 aromatic carbocycles. The molecule has 0 spiro atoms. The van der Waals surface area contributed by atoms with Crippen molar-refractivity contribution in [1.82, 2.24) is 5.32 Å². The predicted octanol–water partition coefficient (Wildman–Crippen LogP) is 4.10. The average molecular weight is 267 g/mol. The number of hydrogen-bond donors (Lipinski definition) is 1. The van der Waals surface area contributed by atoms with Crippen molar-refractivity contribution < 1.29 is 0 Å². The van der Waals surface area contributed by atoms with E-state index in [2.05, 4.69) is 87.7 Å². The first-order valence-corrected chi connectivity index (χ1v) is 7.32. The average Bonchev–Trinajstić information content (AvgIpc) is 2.45. The lowest BCUT2D eigenvalue weighted by Gasteiger charge is -2.35. The summed E-state index contributed by atoms with van der Waals surface area (Å²) < 4.78 is 0. The summed E-state index contributed by atoms with van der Waals surface area (Å²) in [5.74, 6) is 0. The van der Waals surface area contributed by atoms with Crippen LogP contribution in [0.3, 0.4) is 0 Å². The molecular weight excluding hydrogens is 242 g/mol. The SMILES string of the molecule is CNC(Cc1cccc(C)c1)C(C)(C)c1ccccc1. The Labute approximate surface area is 123 Å². The molecule has 106 valence electrons. The van der Waals surface area contributed by atoms with Crippen molar-refractivity contribution in [3.8, 4) is 0 Å². The molecular formula is C19H25N. The minimum Gasteiger partial charge on any atom is -0.316 e. The largest absolute Gasteiger partial charge is 0.316 e. The maximum Gasteiger partial charge on any atom is 0.0196 e. The van der Waals surface area contributed by atoms with E-state index in [1.54, 1.807) is 0 Å². The molecule has 0 bridgehead atoms. The van der Waals surface area contributed by atoms with Crippen LogP contribution in [-0.4, -0.2) is 13.1 Å². The number of aryl methyl sites for hydroxylation is 1. The molecule has 0 aliphatic heterocycles. The van der Waals surface area contributed by atoms with Gasteiger partial charge in [-0.05, 0) is 31.5 Å². The molecule has 0 aliphatic carbocycles. The molecule has 0 saturated carbocycles. The predicted molar refractivity (Wildman–Crippen MR) is 87.2 cm³/mol. The van der Waals surface area contributed by atoms with Gasteiger partial charge in [-0.1, -0.05) is 74.0 Å². The van der Waals surface area contributed by atoms with Gasteiger partial charge in [0.15, 0.2) is 0 Å². The van der Waals surface area contributed by atoms with E-state index >= 15 is 0 Å². The number of benzene rings is 2. The van der Waals surface area contributed by atoms with E-state index in [1.807, 2.05) is 0 Å². The standard InChI is InChI=1S/C19H25N/c1-15-9-8-10-16(13-15)14-18(20-4)19(2,3)17-11-6-5-7-12-17/h5-13,18,20H,14H2,1-4H3. The number of nitrogens with one attached hydrogen (secondary N) is 1. The van der Waals surface area contributed by atoms with Gasteiger partial charge in [0.1, 0.15) is 0 Å². The van der Waals surface area contributed by atoms with Gasteiger partial charge in [-0.3, -0.25) is 0 Å². The molecule has 2 aromatic rings. The lowest BCUT2D eigenvalue weighted by molar-refractivity contribution is 0.356. The van der Waals surface area contributed by atoms with Gasteiger partial charge in [0.05, 0.1) is 0 Å². The Hall–Kier alpha value is -1.60. The van der Waals surface area contributed by atoms with Crippen molar-refractivity contribution in [3.63, 3.8) is 0 Å². The van der Waals surface area contributed by atoms with Crippen molar-refractivity contribution in [2.24, 2.45) is 0 Å². The van der Waals surface area contributed by atoms with Crippen LogP contribution >= 0.6 is 0 Å². The summed E-state index contributed by atoms with van der Waals surface area (Å²) in [6.45, 7) is 6.79. The van der Waals surface area contributed by atoms with E-state index in [4.69, 9.17) is 0 Å². The lowest BCUT2D eigenvalue weighted by atomic mass is 9.75. The Balaban J connectivity index is 2.23. The molecule has 0 radical (unpaired) electrons. The van der Waals surface area contributed by atoms with Crippen LogP contribution in [0.5, 0.6) is 0 Å². The highest BCUT2D eigenvalue weighted by Gasteiger charge is 2.30. The Morgan fingerprint density at radius 2 is 1.70 bits per heavy atom. The van der Waals surface area contributed by atoms with Crippen molar-refractivity contribution >= 4 is 0 Å². The molecule has 1 atom stereocenters. The normalized spacial score (nSPS) is 13.2. The van der Waals surface area contributed by atoms with Crippen molar-refractivity contribution in [2.45, 2.75) is 38.6 Å². The summed E-state index contributed by atoms with van der Waals surface area (Å²) in [6, 6.07) is 20.0. The van der Waals surface area contributed by atoms with Crippen molar-refractivity contribution in [1.29, 1.82) is 0 Å². The van der Waals surface area contributed by atoms with Gasteiger partial charge in [-0.15, -0.1) is 0 Å². The maximum atomic E-state index is 3.51. The summed E-state index contributed by atoms with van der Waals surface area (Å²) >= 11 is 0. The van der Waals surface area contributed by atoms with E-state index in [0.29, 0.717) is 6.04 Å². The highest BCUT2D eigenvalue weighted by Crippen LogP contribution is 2.29. The Kier molecular flexibility index (Phi) is 4.61. The fraction of sp³-hybridized carbons (Fsp3) is 0.368. The first kappa shape index (κ1) is 14.8. The Morgan fingerprint density at radius 1 is 1.00 bits per heavy atom. The van der Waals surface area contributed by atoms with Gasteiger partial charge in [0.2, 0.25) is 0 Å². The smallest absolute Gasteiger partial charge is 0.0196 e. The molecule has 0 aliphatic rings. The molecule has 20 heavy (non-hydrogen) atoms. The van der Waals surface area contributed by atoms with Crippen LogP contribution in [0.4, 0.5) is 0 Å². The highest BCUT2D eigenvalue weighted by molar-refractivity contribution is 5.29. The van der Waals surface area contributed by atoms with Crippen LogP contribution in [-0.2, 0) is 11.8 Å². The third-order valence-corrected chi connectivity index (χ3v) is 4.26. The molecule has 1 unspecified atom stereocenters. The molecule has 1 N–H and O–H groups in total. The first-order chi connectivity index (χ1) is 9.54. The second-order valence-electron chi connectivity index (χ2n) is 6.12. The fourth-order valence-electron chi connectivity index (χ4n) is 2.86. The third kappa shape index (κ3) is 3.29. The quantitative estimate of drug-likeness (QED) is 0.860. The summed E-state index contributed by atoms with van der Waals surface area (Å²) in [5.41, 5.74) is 4.20. The zero-order valence-electron chi connectivity index (χ0n) is 13.0. The molecule has 1 heteroatoms. The van der Waals surface area contributed by atoms with Crippen LogP contribution in [0.2, 0.25) is 0 Å². The van der Waals surface area contributed by atoms with Crippen LogP contribution in [0, 0.1) is 6.92 Å². The summed E-state index contributed by atoms with van der Waals surface area (Å²) in [7, 11) is 2.06. The zero-order valence-corrected chi connectivity index (χ0v) is 13.0. The fourth-order valence-corrected chi connectivity index (χ4v) is 2.86. The Morgan fingerprint density at radius 3 is 2.30 bits per heavy atom. The molecule has 2 rings (SSSR count). The minimum atomic E-state index is 0.0970. The van der Waals surface area contributed by atoms with E-state index in [1.165, 1.54) is 16.7 Å². The van der Waals surface area contributed by atoms with Gasteiger partial charge < -0.3 is 5.32 Å².